The molecule has 18 heavy (non-hydrogen) atoms. The molecule has 92 valence electrons. The van der Waals surface area contributed by atoms with Crippen LogP contribution in [0.5, 0.6) is 5.75 Å². The quantitative estimate of drug-likeness (QED) is 0.457. The van der Waals surface area contributed by atoms with Crippen LogP contribution in [-0.2, 0) is 4.79 Å². The van der Waals surface area contributed by atoms with Crippen LogP contribution in [0.4, 0.5) is 0 Å². The number of fused-ring (bicyclic) bond motifs is 1. The van der Waals surface area contributed by atoms with E-state index >= 15 is 0 Å². The van der Waals surface area contributed by atoms with E-state index in [0.717, 1.165) is 17.2 Å². The molecule has 0 unspecified atom stereocenters. The van der Waals surface area contributed by atoms with Crippen molar-refractivity contribution in [3.8, 4) is 5.75 Å². The topological polar surface area (TPSA) is 26.3 Å². The van der Waals surface area contributed by atoms with Gasteiger partial charge < -0.3 is 4.74 Å². The molecule has 0 aliphatic carbocycles. The van der Waals surface area contributed by atoms with Crippen LogP contribution in [-0.4, -0.2) is 5.97 Å². The molecule has 2 rings (SSSR count). The summed E-state index contributed by atoms with van der Waals surface area (Å²) in [5.74, 6) is 0.253. The van der Waals surface area contributed by atoms with Crippen molar-refractivity contribution in [1.82, 2.24) is 0 Å². The molecule has 0 bridgehead atoms. The highest BCUT2D eigenvalue weighted by atomic mass is 16.5. The molecular weight excluding hydrogens is 224 g/mol. The zero-order valence-electron chi connectivity index (χ0n) is 10.5. The third kappa shape index (κ3) is 2.59. The number of rotatable bonds is 4. The number of benzene rings is 2. The molecule has 2 aromatic rings. The normalized spacial score (nSPS) is 10.3. The Bertz CT molecular complexity index is 579. The van der Waals surface area contributed by atoms with E-state index in [9.17, 15) is 4.79 Å². The number of esters is 1. The van der Waals surface area contributed by atoms with Crippen molar-refractivity contribution in [2.24, 2.45) is 0 Å². The summed E-state index contributed by atoms with van der Waals surface area (Å²) < 4.78 is 5.40. The van der Waals surface area contributed by atoms with E-state index in [1.165, 1.54) is 0 Å². The highest BCUT2D eigenvalue weighted by molar-refractivity contribution is 5.94. The van der Waals surface area contributed by atoms with Gasteiger partial charge in [-0.3, -0.25) is 0 Å². The number of hydrogen-bond acceptors (Lipinski definition) is 2. The first-order chi connectivity index (χ1) is 8.72. The number of hydrogen-bond donors (Lipinski definition) is 0. The van der Waals surface area contributed by atoms with Crippen LogP contribution in [0.2, 0.25) is 0 Å². The molecule has 0 amide bonds. The van der Waals surface area contributed by atoms with E-state index < -0.39 is 0 Å². The van der Waals surface area contributed by atoms with Crippen molar-refractivity contribution in [3.63, 3.8) is 0 Å². The first-order valence-electron chi connectivity index (χ1n) is 6.10. The fraction of sp³-hybridized carbons (Fsp3) is 0.188. The maximum Gasteiger partial charge on any atom is 0.338 e. The molecule has 0 heterocycles. The fourth-order valence-electron chi connectivity index (χ4n) is 1.86. The van der Waals surface area contributed by atoms with Crippen molar-refractivity contribution < 1.29 is 9.53 Å². The van der Waals surface area contributed by atoms with E-state index in [-0.39, 0.29) is 5.97 Å². The van der Waals surface area contributed by atoms with Crippen LogP contribution in [0.15, 0.2) is 54.6 Å². The molecule has 0 N–H and O–H groups in total. The Balaban J connectivity index is 2.27. The molecule has 2 heteroatoms. The maximum atomic E-state index is 11.8. The minimum Gasteiger partial charge on any atom is -0.423 e. The molecule has 0 saturated heterocycles. The summed E-state index contributed by atoms with van der Waals surface area (Å²) in [6, 6.07) is 13.5. The van der Waals surface area contributed by atoms with Crippen LogP contribution in [0.1, 0.15) is 19.8 Å². The van der Waals surface area contributed by atoms with Gasteiger partial charge in [0, 0.05) is 11.0 Å². The molecule has 0 spiro atoms. The van der Waals surface area contributed by atoms with Gasteiger partial charge in [0.15, 0.2) is 0 Å². The number of ether oxygens (including phenoxy) is 1. The Labute approximate surface area is 107 Å². The standard InChI is InChI=1S/C16H16O2/c1-3-7-12(2)16(17)18-15-11-6-9-13-8-4-5-10-14(13)15/h4-6,8-11H,2-3,7H2,1H3. The second kappa shape index (κ2) is 5.50. The fourth-order valence-corrected chi connectivity index (χ4v) is 1.86. The number of carbonyl (C=O) groups excluding carboxylic acids is 1. The van der Waals surface area contributed by atoms with E-state index in [2.05, 4.69) is 6.58 Å². The van der Waals surface area contributed by atoms with Crippen molar-refractivity contribution in [1.29, 1.82) is 0 Å². The Hall–Kier alpha value is -2.09. The van der Waals surface area contributed by atoms with Crippen LogP contribution < -0.4 is 4.74 Å². The van der Waals surface area contributed by atoms with Crippen molar-refractivity contribution in [3.05, 3.63) is 54.6 Å². The molecule has 0 atom stereocenters. The SMILES string of the molecule is C=C(CCC)C(=O)Oc1cccc2ccccc12. The van der Waals surface area contributed by atoms with E-state index in [1.807, 2.05) is 43.3 Å². The van der Waals surface area contributed by atoms with Crippen molar-refractivity contribution in [2.45, 2.75) is 19.8 Å². The zero-order chi connectivity index (χ0) is 13.0. The minimum absolute atomic E-state index is 0.340. The molecule has 0 aromatic heterocycles. The third-order valence-corrected chi connectivity index (χ3v) is 2.79. The molecule has 0 aliphatic rings. The first-order valence-corrected chi connectivity index (χ1v) is 6.10. The largest absolute Gasteiger partial charge is 0.423 e. The lowest BCUT2D eigenvalue weighted by atomic mass is 10.1. The van der Waals surface area contributed by atoms with Crippen molar-refractivity contribution >= 4 is 16.7 Å². The third-order valence-electron chi connectivity index (χ3n) is 2.79. The van der Waals surface area contributed by atoms with E-state index in [4.69, 9.17) is 4.74 Å². The molecule has 0 fully saturated rings. The van der Waals surface area contributed by atoms with Crippen LogP contribution in [0.25, 0.3) is 10.8 Å². The number of carbonyl (C=O) groups is 1. The van der Waals surface area contributed by atoms with Gasteiger partial charge in [-0.2, -0.15) is 0 Å². The van der Waals surface area contributed by atoms with E-state index in [1.54, 1.807) is 6.07 Å². The summed E-state index contributed by atoms with van der Waals surface area (Å²) >= 11 is 0. The first kappa shape index (κ1) is 12.4. The summed E-state index contributed by atoms with van der Waals surface area (Å²) in [7, 11) is 0. The second-order valence-electron chi connectivity index (χ2n) is 4.22. The summed E-state index contributed by atoms with van der Waals surface area (Å²) in [4.78, 5) is 11.8. The molecule has 0 radical (unpaired) electrons. The van der Waals surface area contributed by atoms with Gasteiger partial charge in [-0.15, -0.1) is 0 Å². The highest BCUT2D eigenvalue weighted by Gasteiger charge is 2.10. The Morgan fingerprint density at radius 2 is 1.89 bits per heavy atom. The molecule has 0 aliphatic heterocycles. The van der Waals surface area contributed by atoms with Gasteiger partial charge in [0.25, 0.3) is 0 Å². The lowest BCUT2D eigenvalue weighted by molar-refractivity contribution is -0.130. The van der Waals surface area contributed by atoms with Gasteiger partial charge in [0.2, 0.25) is 0 Å². The van der Waals surface area contributed by atoms with Crippen molar-refractivity contribution in [2.75, 3.05) is 0 Å². The maximum absolute atomic E-state index is 11.8. The smallest absolute Gasteiger partial charge is 0.338 e. The van der Waals surface area contributed by atoms with Gasteiger partial charge in [0.1, 0.15) is 5.75 Å². The molecule has 2 aromatic carbocycles. The predicted molar refractivity (Wildman–Crippen MR) is 73.6 cm³/mol. The van der Waals surface area contributed by atoms with Crippen LogP contribution in [0, 0.1) is 0 Å². The van der Waals surface area contributed by atoms with Gasteiger partial charge in [-0.1, -0.05) is 56.3 Å². The van der Waals surface area contributed by atoms with Crippen LogP contribution >= 0.6 is 0 Å². The zero-order valence-corrected chi connectivity index (χ0v) is 10.5. The second-order valence-corrected chi connectivity index (χ2v) is 4.22. The van der Waals surface area contributed by atoms with Gasteiger partial charge >= 0.3 is 5.97 Å². The molecular formula is C16H16O2. The molecule has 0 saturated carbocycles. The lowest BCUT2D eigenvalue weighted by Gasteiger charge is -2.08. The molecule has 2 nitrogen and oxygen atoms in total. The average molecular weight is 240 g/mol. The Kier molecular flexibility index (Phi) is 3.78. The Morgan fingerprint density at radius 1 is 1.17 bits per heavy atom. The summed E-state index contributed by atoms with van der Waals surface area (Å²) in [5.41, 5.74) is 0.519. The predicted octanol–water partition coefficient (Wildman–Crippen LogP) is 4.10. The summed E-state index contributed by atoms with van der Waals surface area (Å²) in [6.45, 7) is 5.76. The average Bonchev–Trinajstić information content (AvgIpc) is 2.39. The van der Waals surface area contributed by atoms with Gasteiger partial charge in [-0.25, -0.2) is 4.79 Å². The van der Waals surface area contributed by atoms with E-state index in [0.29, 0.717) is 17.7 Å². The monoisotopic (exact) mass is 240 g/mol. The Morgan fingerprint density at radius 3 is 2.67 bits per heavy atom. The summed E-state index contributed by atoms with van der Waals surface area (Å²) in [5, 5.41) is 2.00. The van der Waals surface area contributed by atoms with Gasteiger partial charge in [-0.05, 0) is 17.9 Å². The highest BCUT2D eigenvalue weighted by Crippen LogP contribution is 2.25. The lowest BCUT2D eigenvalue weighted by Crippen LogP contribution is -2.10. The van der Waals surface area contributed by atoms with Crippen LogP contribution in [0.3, 0.4) is 0 Å². The van der Waals surface area contributed by atoms with Gasteiger partial charge in [0.05, 0.1) is 0 Å². The minimum atomic E-state index is -0.340. The summed E-state index contributed by atoms with van der Waals surface area (Å²) in [6.07, 6.45) is 1.56.